The number of fused-ring (bicyclic) bond motifs is 5. The normalized spacial score (nSPS) is 43.8. The summed E-state index contributed by atoms with van der Waals surface area (Å²) in [6, 6.07) is 3.54. The van der Waals surface area contributed by atoms with Gasteiger partial charge in [-0.15, -0.1) is 0 Å². The van der Waals surface area contributed by atoms with Crippen molar-refractivity contribution in [2.24, 2.45) is 28.6 Å². The van der Waals surface area contributed by atoms with Crippen LogP contribution in [0.1, 0.15) is 83.1 Å². The molecular weight excluding hydrogens is 494 g/mol. The number of carbonyl (C=O) groups is 1. The number of rotatable bonds is 3. The number of carbonyl (C=O) groups excluding carboxylic acids is 1. The third kappa shape index (κ3) is 4.11. The Morgan fingerprint density at radius 1 is 1.13 bits per heavy atom. The number of hydrogen-bond acceptors (Lipinski definition) is 6. The van der Waals surface area contributed by atoms with Crippen LogP contribution in [-0.2, 0) is 0 Å². The highest BCUT2D eigenvalue weighted by Crippen LogP contribution is 2.70. The Hall–Kier alpha value is -1.90. The summed E-state index contributed by atoms with van der Waals surface area (Å²) >= 11 is 0. The van der Waals surface area contributed by atoms with E-state index in [1.807, 2.05) is 22.9 Å². The third-order valence-electron chi connectivity index (χ3n) is 12.6. The van der Waals surface area contributed by atoms with E-state index >= 15 is 0 Å². The minimum absolute atomic E-state index is 0.0115. The van der Waals surface area contributed by atoms with Crippen molar-refractivity contribution < 1.29 is 19.4 Å². The Morgan fingerprint density at radius 3 is 2.69 bits per heavy atom. The molecule has 9 atom stereocenters. The maximum atomic E-state index is 13.5. The molecule has 5 aliphatic rings. The molecule has 3 N–H and O–H groups in total. The molecule has 1 aromatic heterocycles. The van der Waals surface area contributed by atoms with Crippen LogP contribution >= 0.6 is 0 Å². The van der Waals surface area contributed by atoms with Crippen LogP contribution < -0.4 is 10.9 Å². The van der Waals surface area contributed by atoms with E-state index in [1.54, 1.807) is 6.26 Å². The highest BCUT2D eigenvalue weighted by Gasteiger charge is 2.67. The predicted molar refractivity (Wildman–Crippen MR) is 148 cm³/mol. The molecule has 1 saturated heterocycles. The predicted octanol–water partition coefficient (Wildman–Crippen LogP) is 3.57. The molecule has 1 aliphatic heterocycles. The zero-order valence-electron chi connectivity index (χ0n) is 23.9. The zero-order valence-corrected chi connectivity index (χ0v) is 23.9. The molecule has 4 aliphatic carbocycles. The molecule has 0 radical (unpaired) electrons. The molecule has 39 heavy (non-hydrogen) atoms. The third-order valence-corrected chi connectivity index (χ3v) is 12.6. The fraction of sp³-hybridized carbons (Fsp3) is 0.806. The van der Waals surface area contributed by atoms with Gasteiger partial charge in [0.2, 0.25) is 0 Å². The number of hydrogen-bond donors (Lipinski definition) is 3. The second kappa shape index (κ2) is 9.88. The van der Waals surface area contributed by atoms with E-state index in [9.17, 15) is 19.8 Å². The minimum atomic E-state index is -0.699. The summed E-state index contributed by atoms with van der Waals surface area (Å²) in [6.07, 6.45) is 10.7. The molecule has 1 aromatic rings. The second-order valence-corrected chi connectivity index (χ2v) is 13.9. The lowest BCUT2D eigenvalue weighted by Gasteiger charge is -2.64. The molecule has 2 heterocycles. The first kappa shape index (κ1) is 27.3. The van der Waals surface area contributed by atoms with Crippen LogP contribution in [0.2, 0.25) is 0 Å². The lowest BCUT2D eigenvalue weighted by molar-refractivity contribution is -0.203. The van der Waals surface area contributed by atoms with Gasteiger partial charge in [0.15, 0.2) is 0 Å². The van der Waals surface area contributed by atoms with Crippen LogP contribution in [0.25, 0.3) is 0 Å². The molecule has 216 valence electrons. The van der Waals surface area contributed by atoms with Gasteiger partial charge in [-0.2, -0.15) is 0 Å². The van der Waals surface area contributed by atoms with Gasteiger partial charge in [0, 0.05) is 44.2 Å². The van der Waals surface area contributed by atoms with E-state index < -0.39 is 5.60 Å². The highest BCUT2D eigenvalue weighted by molar-refractivity contribution is 5.75. The second-order valence-electron chi connectivity index (χ2n) is 13.9. The number of aliphatic hydroxyl groups excluding tert-OH is 1. The maximum Gasteiger partial charge on any atom is 0.335 e. The van der Waals surface area contributed by atoms with E-state index in [0.29, 0.717) is 30.8 Å². The van der Waals surface area contributed by atoms with Crippen molar-refractivity contribution in [2.45, 2.75) is 95.2 Å². The number of urea groups is 1. The SMILES string of the molecule is CN(C(=O)N1CCNC[C@@H]1CO)[C@H]1CC[C@@]2(C)[C@H](CC[C@@H]3[C@@H]2CC[C@]2(C)[C@@H](c4ccc(=O)oc4)CC[C@]32O)C1. The van der Waals surface area contributed by atoms with Gasteiger partial charge >= 0.3 is 11.7 Å². The Balaban J connectivity index is 1.18. The first-order valence-corrected chi connectivity index (χ1v) is 15.3. The molecular formula is C31H47N3O5. The van der Waals surface area contributed by atoms with Crippen LogP contribution in [0.4, 0.5) is 4.79 Å². The summed E-state index contributed by atoms with van der Waals surface area (Å²) in [7, 11) is 1.96. The van der Waals surface area contributed by atoms with E-state index in [-0.39, 0.29) is 47.1 Å². The number of aliphatic hydroxyl groups is 2. The minimum Gasteiger partial charge on any atom is -0.431 e. The molecule has 0 bridgehead atoms. The number of piperazine rings is 1. The maximum absolute atomic E-state index is 13.5. The average Bonchev–Trinajstić information content (AvgIpc) is 3.23. The molecule has 5 fully saturated rings. The summed E-state index contributed by atoms with van der Waals surface area (Å²) in [4.78, 5) is 28.9. The van der Waals surface area contributed by atoms with Crippen molar-refractivity contribution in [2.75, 3.05) is 33.3 Å². The molecule has 8 heteroatoms. The van der Waals surface area contributed by atoms with Crippen molar-refractivity contribution in [3.63, 3.8) is 0 Å². The summed E-state index contributed by atoms with van der Waals surface area (Å²) in [5.74, 6) is 1.55. The van der Waals surface area contributed by atoms with Gasteiger partial charge in [0.05, 0.1) is 24.5 Å². The standard InChI is InChI=1S/C31H47N3O5/c1-29-11-8-22(33(3)28(37)34-15-14-32-17-23(34)18-35)16-21(29)5-6-26-25(29)9-12-30(2)24(10-13-31(26,30)38)20-4-7-27(36)39-19-20/h4,7,19,21-26,32,35,38H,5-6,8-18H2,1-3H3/t21-,22+,23-,24-,25+,26-,29+,30-,31+/m1/s1. The summed E-state index contributed by atoms with van der Waals surface area (Å²) in [5.41, 5.74) is -0.00622. The molecule has 2 amide bonds. The van der Waals surface area contributed by atoms with Crippen molar-refractivity contribution in [3.8, 4) is 0 Å². The fourth-order valence-electron chi connectivity index (χ4n) is 10.2. The van der Waals surface area contributed by atoms with E-state index in [2.05, 4.69) is 19.2 Å². The van der Waals surface area contributed by atoms with Crippen molar-refractivity contribution in [3.05, 3.63) is 34.4 Å². The Morgan fingerprint density at radius 2 is 1.95 bits per heavy atom. The van der Waals surface area contributed by atoms with Gasteiger partial charge in [0.1, 0.15) is 0 Å². The average molecular weight is 542 g/mol. The first-order chi connectivity index (χ1) is 18.6. The molecule has 6 rings (SSSR count). The highest BCUT2D eigenvalue weighted by atomic mass is 16.4. The first-order valence-electron chi connectivity index (χ1n) is 15.3. The van der Waals surface area contributed by atoms with Crippen LogP contribution in [0.15, 0.2) is 27.6 Å². The van der Waals surface area contributed by atoms with E-state index in [0.717, 1.165) is 69.9 Å². The van der Waals surface area contributed by atoms with Gasteiger partial charge in [-0.3, -0.25) is 0 Å². The Labute approximate surface area is 232 Å². The van der Waals surface area contributed by atoms with E-state index in [4.69, 9.17) is 4.42 Å². The van der Waals surface area contributed by atoms with Gasteiger partial charge in [-0.1, -0.05) is 13.8 Å². The molecule has 8 nitrogen and oxygen atoms in total. The summed E-state index contributed by atoms with van der Waals surface area (Å²) in [6.45, 7) is 6.81. The van der Waals surface area contributed by atoms with Gasteiger partial charge in [-0.25, -0.2) is 9.59 Å². The number of amides is 2. The lowest BCUT2D eigenvalue weighted by atomic mass is 9.43. The number of nitrogens with one attached hydrogen (secondary N) is 1. The zero-order chi connectivity index (χ0) is 27.6. The van der Waals surface area contributed by atoms with Crippen LogP contribution in [0.5, 0.6) is 0 Å². The van der Waals surface area contributed by atoms with Gasteiger partial charge in [0.25, 0.3) is 0 Å². The Bertz CT molecular complexity index is 1120. The number of nitrogens with zero attached hydrogens (tertiary/aromatic N) is 2. The monoisotopic (exact) mass is 541 g/mol. The molecule has 0 aromatic carbocycles. The quantitative estimate of drug-likeness (QED) is 0.540. The summed E-state index contributed by atoms with van der Waals surface area (Å²) < 4.78 is 5.24. The van der Waals surface area contributed by atoms with E-state index in [1.165, 1.54) is 6.07 Å². The van der Waals surface area contributed by atoms with Crippen LogP contribution in [0.3, 0.4) is 0 Å². The lowest BCUT2D eigenvalue weighted by Crippen LogP contribution is -2.63. The fourth-order valence-corrected chi connectivity index (χ4v) is 10.2. The smallest absolute Gasteiger partial charge is 0.335 e. The van der Waals surface area contributed by atoms with Gasteiger partial charge in [-0.05, 0) is 98.5 Å². The molecule has 0 unspecified atom stereocenters. The largest absolute Gasteiger partial charge is 0.431 e. The topological polar surface area (TPSA) is 106 Å². The van der Waals surface area contributed by atoms with Crippen LogP contribution in [0, 0.1) is 28.6 Å². The van der Waals surface area contributed by atoms with Crippen molar-refractivity contribution >= 4 is 6.03 Å². The van der Waals surface area contributed by atoms with Crippen molar-refractivity contribution in [1.82, 2.24) is 15.1 Å². The van der Waals surface area contributed by atoms with Crippen LogP contribution in [-0.4, -0.2) is 77.0 Å². The molecule has 4 saturated carbocycles. The summed E-state index contributed by atoms with van der Waals surface area (Å²) in [5, 5.41) is 25.6. The Kier molecular flexibility index (Phi) is 6.91. The van der Waals surface area contributed by atoms with Gasteiger partial charge < -0.3 is 29.7 Å². The van der Waals surface area contributed by atoms with Crippen molar-refractivity contribution in [1.29, 1.82) is 0 Å². The molecule has 0 spiro atoms.